The summed E-state index contributed by atoms with van der Waals surface area (Å²) >= 11 is 0. The van der Waals surface area contributed by atoms with Crippen molar-refractivity contribution in [2.24, 2.45) is 17.6 Å². The fourth-order valence-electron chi connectivity index (χ4n) is 0.354. The maximum absolute atomic E-state index is 5.23. The van der Waals surface area contributed by atoms with Gasteiger partial charge < -0.3 is 5.73 Å². The lowest BCUT2D eigenvalue weighted by Crippen LogP contribution is -1.98. The Morgan fingerprint density at radius 2 is 1.67 bits per heavy atom. The molecule has 1 aliphatic carbocycles. The lowest BCUT2D eigenvalue weighted by Gasteiger charge is -1.79. The van der Waals surface area contributed by atoms with Crippen molar-refractivity contribution in [1.82, 2.24) is 0 Å². The van der Waals surface area contributed by atoms with Gasteiger partial charge in [0.05, 0.1) is 0 Å². The van der Waals surface area contributed by atoms with Crippen LogP contribution in [-0.2, 0) is 0 Å². The van der Waals surface area contributed by atoms with E-state index in [1.165, 1.54) is 12.8 Å². The summed E-state index contributed by atoms with van der Waals surface area (Å²) in [5, 5.41) is 0. The van der Waals surface area contributed by atoms with Crippen molar-refractivity contribution in [1.29, 1.82) is 0 Å². The summed E-state index contributed by atoms with van der Waals surface area (Å²) in [5.41, 5.74) is 5.23. The molecule has 0 unspecified atom stereocenters. The summed E-state index contributed by atoms with van der Waals surface area (Å²) in [6.07, 6.45) is 2.77. The Bertz CT molecular complexity index is 52.8. The van der Waals surface area contributed by atoms with Crippen LogP contribution < -0.4 is 5.73 Å². The number of hydrogen-bond donors (Lipinski definition) is 1. The minimum atomic E-state index is 0.833. The minimum absolute atomic E-state index is 0.833. The third-order valence-electron chi connectivity index (χ3n) is 1.03. The van der Waals surface area contributed by atoms with Crippen molar-refractivity contribution in [3.8, 4) is 0 Å². The molecule has 0 aliphatic heterocycles. The van der Waals surface area contributed by atoms with Crippen molar-refractivity contribution < 1.29 is 0 Å². The molecule has 1 saturated carbocycles. The predicted octanol–water partition coefficient (Wildman–Crippen LogP) is 2.02. The van der Waals surface area contributed by atoms with E-state index in [0.29, 0.717) is 0 Å². The highest BCUT2D eigenvalue weighted by molar-refractivity contribution is 4.72. The van der Waals surface area contributed by atoms with Crippen LogP contribution in [0.1, 0.15) is 33.6 Å². The van der Waals surface area contributed by atoms with Gasteiger partial charge in [0.25, 0.3) is 0 Å². The first-order chi connectivity index (χ1) is 4.16. The summed E-state index contributed by atoms with van der Waals surface area (Å²) < 4.78 is 0. The molecule has 1 aliphatic rings. The first-order valence-corrected chi connectivity index (χ1v) is 3.87. The second-order valence-corrected chi connectivity index (χ2v) is 3.41. The van der Waals surface area contributed by atoms with E-state index in [-0.39, 0.29) is 0 Å². The summed E-state index contributed by atoms with van der Waals surface area (Å²) in [4.78, 5) is 0. The molecule has 0 saturated heterocycles. The van der Waals surface area contributed by atoms with Crippen LogP contribution in [0.5, 0.6) is 0 Å². The molecule has 1 nitrogen and oxygen atoms in total. The molecule has 0 heterocycles. The highest BCUT2D eigenvalue weighted by Crippen LogP contribution is 2.26. The maximum atomic E-state index is 5.23. The largest absolute Gasteiger partial charge is 0.330 e. The van der Waals surface area contributed by atoms with E-state index in [1.54, 1.807) is 0 Å². The second kappa shape index (κ2) is 4.80. The number of rotatable bonds is 1. The molecule has 0 amide bonds. The molecule has 0 aromatic heterocycles. The van der Waals surface area contributed by atoms with Gasteiger partial charge in [-0.05, 0) is 31.2 Å². The van der Waals surface area contributed by atoms with Crippen LogP contribution in [0.2, 0.25) is 0 Å². The van der Waals surface area contributed by atoms with Crippen molar-refractivity contribution in [2.75, 3.05) is 6.54 Å². The Hall–Kier alpha value is -0.0400. The third kappa shape index (κ3) is 11.5. The topological polar surface area (TPSA) is 26.0 Å². The van der Waals surface area contributed by atoms with Gasteiger partial charge in [-0.3, -0.25) is 0 Å². The second-order valence-electron chi connectivity index (χ2n) is 3.41. The molecule has 0 aromatic rings. The van der Waals surface area contributed by atoms with E-state index < -0.39 is 0 Å². The lowest BCUT2D eigenvalue weighted by atomic mass is 10.3. The smallest absolute Gasteiger partial charge is 0.00489 e. The van der Waals surface area contributed by atoms with E-state index in [2.05, 4.69) is 20.8 Å². The Morgan fingerprint density at radius 3 is 1.67 bits per heavy atom. The summed E-state index contributed by atoms with van der Waals surface area (Å²) in [5.74, 6) is 1.75. The van der Waals surface area contributed by atoms with Crippen LogP contribution in [0.25, 0.3) is 0 Å². The van der Waals surface area contributed by atoms with E-state index in [0.717, 1.165) is 18.4 Å². The Balaban J connectivity index is 0.000000148. The standard InChI is InChI=1S/C4H9N.C4H10/c5-3-4-1-2-4;1-4(2)3/h4H,1-3,5H2;4H,1-3H3. The molecule has 0 spiro atoms. The summed E-state index contributed by atoms with van der Waals surface area (Å²) in [7, 11) is 0. The van der Waals surface area contributed by atoms with Gasteiger partial charge in [-0.1, -0.05) is 20.8 Å². The molecule has 2 N–H and O–H groups in total. The SMILES string of the molecule is CC(C)C.NCC1CC1. The van der Waals surface area contributed by atoms with Crippen LogP contribution >= 0.6 is 0 Å². The van der Waals surface area contributed by atoms with Gasteiger partial charge in [0.1, 0.15) is 0 Å². The molecule has 1 fully saturated rings. The molecule has 0 atom stereocenters. The van der Waals surface area contributed by atoms with Crippen LogP contribution in [-0.4, -0.2) is 6.54 Å². The molecular formula is C8H19N. The highest BCUT2D eigenvalue weighted by Gasteiger charge is 2.17. The normalized spacial score (nSPS) is 17.0. The molecule has 9 heavy (non-hydrogen) atoms. The molecule has 1 heteroatoms. The lowest BCUT2D eigenvalue weighted by molar-refractivity contribution is 0.737. The average Bonchev–Trinajstić information content (AvgIpc) is 2.43. The monoisotopic (exact) mass is 129 g/mol. The van der Waals surface area contributed by atoms with Crippen LogP contribution in [0.4, 0.5) is 0 Å². The fourth-order valence-corrected chi connectivity index (χ4v) is 0.354. The molecule has 56 valence electrons. The molecular weight excluding hydrogens is 110 g/mol. The Labute approximate surface area is 58.6 Å². The van der Waals surface area contributed by atoms with E-state index in [4.69, 9.17) is 5.73 Å². The Kier molecular flexibility index (Phi) is 4.78. The first kappa shape index (κ1) is 8.96. The van der Waals surface area contributed by atoms with Gasteiger partial charge in [0, 0.05) is 0 Å². The maximum Gasteiger partial charge on any atom is -0.00489 e. The number of hydrogen-bond acceptors (Lipinski definition) is 1. The zero-order chi connectivity index (χ0) is 7.28. The quantitative estimate of drug-likeness (QED) is 0.576. The zero-order valence-electron chi connectivity index (χ0n) is 6.85. The van der Waals surface area contributed by atoms with E-state index >= 15 is 0 Å². The minimum Gasteiger partial charge on any atom is -0.330 e. The van der Waals surface area contributed by atoms with Crippen LogP contribution in [0, 0.1) is 11.8 Å². The molecule has 0 radical (unpaired) electrons. The van der Waals surface area contributed by atoms with Crippen molar-refractivity contribution >= 4 is 0 Å². The van der Waals surface area contributed by atoms with Gasteiger partial charge in [-0.25, -0.2) is 0 Å². The van der Waals surface area contributed by atoms with E-state index in [9.17, 15) is 0 Å². The van der Waals surface area contributed by atoms with Gasteiger partial charge in [0.2, 0.25) is 0 Å². The predicted molar refractivity (Wildman–Crippen MR) is 42.3 cm³/mol. The van der Waals surface area contributed by atoms with Crippen LogP contribution in [0.15, 0.2) is 0 Å². The fraction of sp³-hybridized carbons (Fsp3) is 1.00. The first-order valence-electron chi connectivity index (χ1n) is 3.87. The van der Waals surface area contributed by atoms with Gasteiger partial charge >= 0.3 is 0 Å². The van der Waals surface area contributed by atoms with Crippen LogP contribution in [0.3, 0.4) is 0 Å². The van der Waals surface area contributed by atoms with Gasteiger partial charge in [-0.15, -0.1) is 0 Å². The van der Waals surface area contributed by atoms with Gasteiger partial charge in [-0.2, -0.15) is 0 Å². The zero-order valence-corrected chi connectivity index (χ0v) is 6.85. The van der Waals surface area contributed by atoms with Crippen molar-refractivity contribution in [3.05, 3.63) is 0 Å². The van der Waals surface area contributed by atoms with E-state index in [1.807, 2.05) is 0 Å². The molecule has 0 bridgehead atoms. The van der Waals surface area contributed by atoms with Gasteiger partial charge in [0.15, 0.2) is 0 Å². The molecule has 0 aromatic carbocycles. The summed E-state index contributed by atoms with van der Waals surface area (Å²) in [6.45, 7) is 7.42. The third-order valence-corrected chi connectivity index (χ3v) is 1.03. The van der Waals surface area contributed by atoms with Crippen molar-refractivity contribution in [3.63, 3.8) is 0 Å². The summed E-state index contributed by atoms with van der Waals surface area (Å²) in [6, 6.07) is 0. The highest BCUT2D eigenvalue weighted by atomic mass is 14.6. The average molecular weight is 129 g/mol. The van der Waals surface area contributed by atoms with Crippen molar-refractivity contribution in [2.45, 2.75) is 33.6 Å². The molecule has 1 rings (SSSR count). The Morgan fingerprint density at radius 1 is 1.33 bits per heavy atom. The number of nitrogens with two attached hydrogens (primary N) is 1.